The van der Waals surface area contributed by atoms with E-state index in [1.807, 2.05) is 0 Å². The minimum Gasteiger partial charge on any atom is -0.463 e. The lowest BCUT2D eigenvalue weighted by atomic mass is 10.0. The van der Waals surface area contributed by atoms with Gasteiger partial charge in [-0.25, -0.2) is 4.79 Å². The van der Waals surface area contributed by atoms with Gasteiger partial charge in [0.05, 0.1) is 6.61 Å². The second-order valence-corrected chi connectivity index (χ2v) is 4.65. The van der Waals surface area contributed by atoms with Crippen LogP contribution in [0.1, 0.15) is 52.4 Å². The van der Waals surface area contributed by atoms with Crippen LogP contribution in [0.15, 0.2) is 0 Å². The van der Waals surface area contributed by atoms with Crippen molar-refractivity contribution in [2.24, 2.45) is 11.7 Å². The lowest BCUT2D eigenvalue weighted by Crippen LogP contribution is -2.20. The highest BCUT2D eigenvalue weighted by molar-refractivity contribution is 5.76. The van der Waals surface area contributed by atoms with E-state index in [4.69, 9.17) is 15.2 Å². The van der Waals surface area contributed by atoms with Gasteiger partial charge in [-0.2, -0.15) is 0 Å². The molecule has 5 nitrogen and oxygen atoms in total. The monoisotopic (exact) mass is 273 g/mol. The van der Waals surface area contributed by atoms with Gasteiger partial charge in [-0.3, -0.25) is 4.79 Å². The summed E-state index contributed by atoms with van der Waals surface area (Å²) in [4.78, 5) is 22.5. The molecule has 0 bridgehead atoms. The molecule has 0 aliphatic rings. The standard InChI is InChI=1S/C14H27NO4/c1-3-5-7-12(4-2)10-18-14(17)11-19-13(16)8-6-9-15/h12H,3-11,15H2,1-2H3. The predicted octanol–water partition coefficient (Wildman–Crippen LogP) is 2.03. The minimum absolute atomic E-state index is 0.248. The molecule has 0 spiro atoms. The van der Waals surface area contributed by atoms with Crippen molar-refractivity contribution >= 4 is 11.9 Å². The molecule has 0 aromatic heterocycles. The van der Waals surface area contributed by atoms with Gasteiger partial charge in [0.2, 0.25) is 0 Å². The molecule has 0 aliphatic heterocycles. The summed E-state index contributed by atoms with van der Waals surface area (Å²) >= 11 is 0. The molecule has 0 amide bonds. The van der Waals surface area contributed by atoms with Crippen molar-refractivity contribution < 1.29 is 19.1 Å². The van der Waals surface area contributed by atoms with E-state index in [2.05, 4.69) is 13.8 Å². The Morgan fingerprint density at radius 1 is 1.11 bits per heavy atom. The normalized spacial score (nSPS) is 11.9. The molecule has 2 N–H and O–H groups in total. The zero-order valence-corrected chi connectivity index (χ0v) is 12.2. The van der Waals surface area contributed by atoms with E-state index >= 15 is 0 Å². The number of carbonyl (C=O) groups excluding carboxylic acids is 2. The molecule has 0 fully saturated rings. The van der Waals surface area contributed by atoms with E-state index in [9.17, 15) is 9.59 Å². The summed E-state index contributed by atoms with van der Waals surface area (Å²) in [5, 5.41) is 0. The van der Waals surface area contributed by atoms with Gasteiger partial charge in [0.25, 0.3) is 0 Å². The topological polar surface area (TPSA) is 78.6 Å². The smallest absolute Gasteiger partial charge is 0.344 e. The van der Waals surface area contributed by atoms with Crippen LogP contribution in [0.5, 0.6) is 0 Å². The van der Waals surface area contributed by atoms with Crippen LogP contribution >= 0.6 is 0 Å². The van der Waals surface area contributed by atoms with Crippen molar-refractivity contribution in [1.29, 1.82) is 0 Å². The summed E-state index contributed by atoms with van der Waals surface area (Å²) in [6, 6.07) is 0. The Morgan fingerprint density at radius 2 is 1.84 bits per heavy atom. The van der Waals surface area contributed by atoms with Crippen molar-refractivity contribution in [2.75, 3.05) is 19.8 Å². The molecule has 0 radical (unpaired) electrons. The van der Waals surface area contributed by atoms with Crippen molar-refractivity contribution in [2.45, 2.75) is 52.4 Å². The van der Waals surface area contributed by atoms with Crippen LogP contribution in [-0.4, -0.2) is 31.7 Å². The molecule has 5 heteroatoms. The second-order valence-electron chi connectivity index (χ2n) is 4.65. The Bertz CT molecular complexity index is 256. The third kappa shape index (κ3) is 10.5. The summed E-state index contributed by atoms with van der Waals surface area (Å²) in [5.74, 6) is -0.478. The van der Waals surface area contributed by atoms with E-state index in [1.165, 1.54) is 0 Å². The highest BCUT2D eigenvalue weighted by Gasteiger charge is 2.12. The molecule has 0 saturated carbocycles. The maximum absolute atomic E-state index is 11.4. The van der Waals surface area contributed by atoms with Gasteiger partial charge in [0, 0.05) is 6.42 Å². The Hall–Kier alpha value is -1.10. The lowest BCUT2D eigenvalue weighted by molar-refractivity contribution is -0.159. The SMILES string of the molecule is CCCCC(CC)COC(=O)COC(=O)CCCN. The zero-order valence-electron chi connectivity index (χ0n) is 12.2. The number of nitrogens with two attached hydrogens (primary N) is 1. The van der Waals surface area contributed by atoms with Crippen LogP contribution in [-0.2, 0) is 19.1 Å². The minimum atomic E-state index is -0.476. The van der Waals surface area contributed by atoms with Gasteiger partial charge in [-0.05, 0) is 25.3 Å². The first-order valence-electron chi connectivity index (χ1n) is 7.15. The molecule has 0 aliphatic carbocycles. The molecule has 0 saturated heterocycles. The molecule has 0 aromatic rings. The summed E-state index contributed by atoms with van der Waals surface area (Å²) in [6.45, 7) is 4.78. The molecular weight excluding hydrogens is 246 g/mol. The fraction of sp³-hybridized carbons (Fsp3) is 0.857. The van der Waals surface area contributed by atoms with Crippen molar-refractivity contribution in [3.63, 3.8) is 0 Å². The van der Waals surface area contributed by atoms with Crippen LogP contribution in [0.3, 0.4) is 0 Å². The number of carbonyl (C=O) groups is 2. The third-order valence-electron chi connectivity index (χ3n) is 2.96. The average molecular weight is 273 g/mol. The van der Waals surface area contributed by atoms with Gasteiger partial charge >= 0.3 is 11.9 Å². The third-order valence-corrected chi connectivity index (χ3v) is 2.96. The largest absolute Gasteiger partial charge is 0.463 e. The maximum Gasteiger partial charge on any atom is 0.344 e. The summed E-state index contributed by atoms with van der Waals surface area (Å²) < 4.78 is 9.89. The molecule has 1 atom stereocenters. The number of unbranched alkanes of at least 4 members (excludes halogenated alkanes) is 1. The first kappa shape index (κ1) is 17.9. The zero-order chi connectivity index (χ0) is 14.5. The second kappa shape index (κ2) is 12.0. The van der Waals surface area contributed by atoms with E-state index in [0.29, 0.717) is 25.5 Å². The van der Waals surface area contributed by atoms with E-state index in [0.717, 1.165) is 25.7 Å². The van der Waals surface area contributed by atoms with Gasteiger partial charge in [0.15, 0.2) is 6.61 Å². The van der Waals surface area contributed by atoms with E-state index in [1.54, 1.807) is 0 Å². The van der Waals surface area contributed by atoms with Crippen LogP contribution in [0, 0.1) is 5.92 Å². The van der Waals surface area contributed by atoms with E-state index < -0.39 is 11.9 Å². The van der Waals surface area contributed by atoms with Crippen molar-refractivity contribution in [3.05, 3.63) is 0 Å². The highest BCUT2D eigenvalue weighted by atomic mass is 16.6. The molecule has 1 unspecified atom stereocenters. The van der Waals surface area contributed by atoms with Gasteiger partial charge in [-0.15, -0.1) is 0 Å². The van der Waals surface area contributed by atoms with Crippen LogP contribution in [0.4, 0.5) is 0 Å². The van der Waals surface area contributed by atoms with E-state index in [-0.39, 0.29) is 13.0 Å². The number of rotatable bonds is 11. The first-order valence-corrected chi connectivity index (χ1v) is 7.15. The Labute approximate surface area is 115 Å². The Balaban J connectivity index is 3.70. The number of ether oxygens (including phenoxy) is 2. The lowest BCUT2D eigenvalue weighted by Gasteiger charge is -2.14. The predicted molar refractivity (Wildman–Crippen MR) is 73.5 cm³/mol. The Morgan fingerprint density at radius 3 is 2.42 bits per heavy atom. The maximum atomic E-state index is 11.4. The van der Waals surface area contributed by atoms with Gasteiger partial charge in [0.1, 0.15) is 0 Å². The summed E-state index contributed by atoms with van der Waals surface area (Å²) in [6.07, 6.45) is 5.16. The van der Waals surface area contributed by atoms with Crippen LogP contribution < -0.4 is 5.73 Å². The number of esters is 2. The Kier molecular flexibility index (Phi) is 11.3. The molecule has 112 valence electrons. The highest BCUT2D eigenvalue weighted by Crippen LogP contribution is 2.12. The fourth-order valence-corrected chi connectivity index (χ4v) is 1.61. The van der Waals surface area contributed by atoms with Crippen molar-refractivity contribution in [3.8, 4) is 0 Å². The first-order chi connectivity index (χ1) is 9.13. The fourth-order valence-electron chi connectivity index (χ4n) is 1.61. The molecule has 0 rings (SSSR count). The van der Waals surface area contributed by atoms with Crippen LogP contribution in [0.25, 0.3) is 0 Å². The number of hydrogen-bond donors (Lipinski definition) is 1. The number of hydrogen-bond acceptors (Lipinski definition) is 5. The molecular formula is C14H27NO4. The quantitative estimate of drug-likeness (QED) is 0.583. The van der Waals surface area contributed by atoms with Gasteiger partial charge < -0.3 is 15.2 Å². The summed E-state index contributed by atoms with van der Waals surface area (Å²) in [7, 11) is 0. The molecule has 0 heterocycles. The molecule has 0 aromatic carbocycles. The summed E-state index contributed by atoms with van der Waals surface area (Å²) in [5.41, 5.74) is 5.27. The van der Waals surface area contributed by atoms with Gasteiger partial charge in [-0.1, -0.05) is 33.1 Å². The van der Waals surface area contributed by atoms with Crippen molar-refractivity contribution in [1.82, 2.24) is 0 Å². The van der Waals surface area contributed by atoms with Crippen LogP contribution in [0.2, 0.25) is 0 Å². The molecule has 19 heavy (non-hydrogen) atoms. The average Bonchev–Trinajstić information content (AvgIpc) is 2.43.